The maximum atomic E-state index is 11.9. The molecule has 2 aromatic rings. The Balaban J connectivity index is 1.79. The molecule has 0 fully saturated rings. The van der Waals surface area contributed by atoms with Crippen molar-refractivity contribution in [3.8, 4) is 0 Å². The fourth-order valence-electron chi connectivity index (χ4n) is 1.94. The van der Waals surface area contributed by atoms with E-state index < -0.39 is 5.41 Å². The Labute approximate surface area is 152 Å². The van der Waals surface area contributed by atoms with Crippen LogP contribution in [0.25, 0.3) is 0 Å². The summed E-state index contributed by atoms with van der Waals surface area (Å²) in [6.45, 7) is 5.85. The van der Waals surface area contributed by atoms with Crippen LogP contribution in [0.5, 0.6) is 0 Å². The maximum Gasteiger partial charge on any atom is 0.226 e. The Hall–Kier alpha value is -2.28. The number of anilines is 1. The van der Waals surface area contributed by atoms with Gasteiger partial charge in [-0.2, -0.15) is 0 Å². The number of hydrogen-bond donors (Lipinski definition) is 2. The molecule has 0 radical (unpaired) electrons. The lowest BCUT2D eigenvalue weighted by Crippen LogP contribution is -2.36. The van der Waals surface area contributed by atoms with Crippen LogP contribution in [-0.4, -0.2) is 27.9 Å². The van der Waals surface area contributed by atoms with Crippen molar-refractivity contribution in [1.29, 1.82) is 0 Å². The molecule has 0 atom stereocenters. The average Bonchev–Trinajstić information content (AvgIpc) is 2.93. The van der Waals surface area contributed by atoms with Gasteiger partial charge in [-0.15, -0.1) is 0 Å². The molecule has 1 aromatic heterocycles. The molecule has 1 aromatic carbocycles. The lowest BCUT2D eigenvalue weighted by atomic mass is 9.96. The first-order chi connectivity index (χ1) is 11.8. The van der Waals surface area contributed by atoms with E-state index in [0.29, 0.717) is 6.54 Å². The van der Waals surface area contributed by atoms with Crippen LogP contribution in [-0.2, 0) is 16.6 Å². The Morgan fingerprint density at radius 3 is 2.44 bits per heavy atom. The Bertz CT molecular complexity index is 732. The lowest BCUT2D eigenvalue weighted by molar-refractivity contribution is -0.128. The van der Waals surface area contributed by atoms with Gasteiger partial charge in [0, 0.05) is 48.4 Å². The Morgan fingerprint density at radius 2 is 1.88 bits per heavy atom. The lowest BCUT2D eigenvalue weighted by Gasteiger charge is -2.17. The van der Waals surface area contributed by atoms with Crippen LogP contribution in [0, 0.1) is 5.41 Å². The van der Waals surface area contributed by atoms with Gasteiger partial charge < -0.3 is 15.2 Å². The van der Waals surface area contributed by atoms with Crippen molar-refractivity contribution >= 4 is 29.3 Å². The minimum absolute atomic E-state index is 0.0593. The molecule has 0 saturated heterocycles. The highest BCUT2D eigenvalue weighted by Crippen LogP contribution is 2.26. The summed E-state index contributed by atoms with van der Waals surface area (Å²) in [5, 5.41) is 6.51. The van der Waals surface area contributed by atoms with E-state index in [1.807, 2.05) is 62.8 Å². The summed E-state index contributed by atoms with van der Waals surface area (Å²) >= 11 is 1.56. The summed E-state index contributed by atoms with van der Waals surface area (Å²) in [4.78, 5) is 29.0. The van der Waals surface area contributed by atoms with E-state index in [9.17, 15) is 9.59 Å². The summed E-state index contributed by atoms with van der Waals surface area (Å²) in [7, 11) is 1.95. The van der Waals surface area contributed by atoms with Gasteiger partial charge in [-0.1, -0.05) is 32.5 Å². The topological polar surface area (TPSA) is 76.0 Å². The highest BCUT2D eigenvalue weighted by atomic mass is 32.2. The SMILES string of the molecule is Cn1ccnc1Sc1ccc(NC(=O)CCNC(=O)C(C)(C)C)cc1. The fraction of sp³-hybridized carbons (Fsp3) is 0.389. The number of rotatable bonds is 6. The second kappa shape index (κ2) is 8.20. The monoisotopic (exact) mass is 360 g/mol. The third kappa shape index (κ3) is 5.94. The van der Waals surface area contributed by atoms with Crippen LogP contribution in [0.2, 0.25) is 0 Å². The van der Waals surface area contributed by atoms with Gasteiger partial charge in [0.05, 0.1) is 0 Å². The second-order valence-corrected chi connectivity index (χ2v) is 7.79. The molecule has 6 nitrogen and oxygen atoms in total. The van der Waals surface area contributed by atoms with Gasteiger partial charge in [-0.25, -0.2) is 4.98 Å². The van der Waals surface area contributed by atoms with Crippen LogP contribution < -0.4 is 10.6 Å². The van der Waals surface area contributed by atoms with Crippen LogP contribution in [0.3, 0.4) is 0 Å². The van der Waals surface area contributed by atoms with Crippen LogP contribution in [0.1, 0.15) is 27.2 Å². The fourth-order valence-corrected chi connectivity index (χ4v) is 2.74. The molecule has 0 saturated carbocycles. The molecule has 0 aliphatic rings. The van der Waals surface area contributed by atoms with Crippen molar-refractivity contribution < 1.29 is 9.59 Å². The van der Waals surface area contributed by atoms with Crippen molar-refractivity contribution in [2.75, 3.05) is 11.9 Å². The van der Waals surface area contributed by atoms with Crippen LogP contribution >= 0.6 is 11.8 Å². The first-order valence-electron chi connectivity index (χ1n) is 8.09. The maximum absolute atomic E-state index is 11.9. The van der Waals surface area contributed by atoms with E-state index in [4.69, 9.17) is 0 Å². The molecule has 0 aliphatic heterocycles. The zero-order valence-corrected chi connectivity index (χ0v) is 15.8. The van der Waals surface area contributed by atoms with Gasteiger partial charge in [-0.05, 0) is 24.3 Å². The van der Waals surface area contributed by atoms with Crippen molar-refractivity contribution in [2.24, 2.45) is 12.5 Å². The van der Waals surface area contributed by atoms with E-state index in [-0.39, 0.29) is 18.2 Å². The molecular formula is C18H24N4O2S. The van der Waals surface area contributed by atoms with Gasteiger partial charge in [0.2, 0.25) is 11.8 Å². The molecule has 0 spiro atoms. The number of nitrogens with one attached hydrogen (secondary N) is 2. The van der Waals surface area contributed by atoms with Gasteiger partial charge in [-0.3, -0.25) is 9.59 Å². The van der Waals surface area contributed by atoms with Crippen molar-refractivity contribution in [3.05, 3.63) is 36.7 Å². The molecular weight excluding hydrogens is 336 g/mol. The van der Waals surface area contributed by atoms with Crippen molar-refractivity contribution in [3.63, 3.8) is 0 Å². The average molecular weight is 360 g/mol. The van der Waals surface area contributed by atoms with E-state index >= 15 is 0 Å². The third-order valence-corrected chi connectivity index (χ3v) is 4.53. The zero-order valence-electron chi connectivity index (χ0n) is 15.0. The van der Waals surface area contributed by atoms with Gasteiger partial charge in [0.1, 0.15) is 0 Å². The predicted octanol–water partition coefficient (Wildman–Crippen LogP) is 3.06. The number of imidazole rings is 1. The van der Waals surface area contributed by atoms with Crippen LogP contribution in [0.15, 0.2) is 46.7 Å². The smallest absolute Gasteiger partial charge is 0.226 e. The first kappa shape index (κ1) is 19.1. The molecule has 7 heteroatoms. The number of aromatic nitrogens is 2. The number of aryl methyl sites for hydroxylation is 1. The standard InChI is InChI=1S/C18H24N4O2S/c1-18(2,3)16(24)19-10-9-15(23)21-13-5-7-14(8-6-13)25-17-20-11-12-22(17)4/h5-8,11-12H,9-10H2,1-4H3,(H,19,24)(H,21,23). The summed E-state index contributed by atoms with van der Waals surface area (Å²) in [5.41, 5.74) is 0.285. The van der Waals surface area contributed by atoms with E-state index in [0.717, 1.165) is 15.7 Å². The third-order valence-electron chi connectivity index (χ3n) is 3.44. The highest BCUT2D eigenvalue weighted by molar-refractivity contribution is 7.99. The molecule has 0 unspecified atom stereocenters. The van der Waals surface area contributed by atoms with Gasteiger partial charge >= 0.3 is 0 Å². The molecule has 25 heavy (non-hydrogen) atoms. The molecule has 2 N–H and O–H groups in total. The minimum Gasteiger partial charge on any atom is -0.355 e. The molecule has 134 valence electrons. The molecule has 2 rings (SSSR count). The molecule has 0 bridgehead atoms. The quantitative estimate of drug-likeness (QED) is 0.830. The highest BCUT2D eigenvalue weighted by Gasteiger charge is 2.20. The van der Waals surface area contributed by atoms with E-state index in [1.165, 1.54) is 0 Å². The molecule has 1 heterocycles. The summed E-state index contributed by atoms with van der Waals surface area (Å²) in [6.07, 6.45) is 3.90. The van der Waals surface area contributed by atoms with E-state index in [2.05, 4.69) is 15.6 Å². The number of carbonyl (C=O) groups is 2. The van der Waals surface area contributed by atoms with Crippen molar-refractivity contribution in [2.45, 2.75) is 37.2 Å². The molecule has 2 amide bonds. The Morgan fingerprint density at radius 1 is 1.20 bits per heavy atom. The van der Waals surface area contributed by atoms with Gasteiger partial charge in [0.25, 0.3) is 0 Å². The van der Waals surface area contributed by atoms with Gasteiger partial charge in [0.15, 0.2) is 5.16 Å². The molecule has 0 aliphatic carbocycles. The normalized spacial score (nSPS) is 11.2. The zero-order chi connectivity index (χ0) is 18.4. The summed E-state index contributed by atoms with van der Waals surface area (Å²) < 4.78 is 1.95. The van der Waals surface area contributed by atoms with Crippen LogP contribution in [0.4, 0.5) is 5.69 Å². The predicted molar refractivity (Wildman–Crippen MR) is 99.5 cm³/mol. The first-order valence-corrected chi connectivity index (χ1v) is 8.91. The summed E-state index contributed by atoms with van der Waals surface area (Å²) in [5.74, 6) is -0.185. The number of carbonyl (C=O) groups excluding carboxylic acids is 2. The second-order valence-electron chi connectivity index (χ2n) is 6.75. The van der Waals surface area contributed by atoms with E-state index in [1.54, 1.807) is 18.0 Å². The Kier molecular flexibility index (Phi) is 6.25. The number of benzene rings is 1. The minimum atomic E-state index is -0.447. The van der Waals surface area contributed by atoms with Crippen molar-refractivity contribution in [1.82, 2.24) is 14.9 Å². The largest absolute Gasteiger partial charge is 0.355 e. The number of nitrogens with zero attached hydrogens (tertiary/aromatic N) is 2. The summed E-state index contributed by atoms with van der Waals surface area (Å²) in [6, 6.07) is 7.60. The number of amides is 2. The number of hydrogen-bond acceptors (Lipinski definition) is 4.